The second-order valence-electron chi connectivity index (χ2n) is 2.78. The lowest BCUT2D eigenvalue weighted by molar-refractivity contribution is 0.319. The van der Waals surface area contributed by atoms with Crippen LogP contribution in [-0.4, -0.2) is 42.1 Å². The van der Waals surface area contributed by atoms with E-state index in [1.807, 2.05) is 0 Å². The summed E-state index contributed by atoms with van der Waals surface area (Å²) in [7, 11) is 0. The third-order valence-electron chi connectivity index (χ3n) is 1.89. The van der Waals surface area contributed by atoms with Crippen LogP contribution in [0.5, 0.6) is 0 Å². The highest BCUT2D eigenvalue weighted by atomic mass is 16.4. The molecule has 0 saturated carbocycles. The number of nitrogens with one attached hydrogen (secondary N) is 1. The van der Waals surface area contributed by atoms with E-state index in [2.05, 4.69) is 20.5 Å². The fraction of sp³-hybridized carbons (Fsp3) is 0.375. The molecular formula is C8H10N4O. The zero-order valence-electron chi connectivity index (χ0n) is 7.06. The van der Waals surface area contributed by atoms with Gasteiger partial charge in [-0.2, -0.15) is 0 Å². The molecule has 5 heteroatoms. The monoisotopic (exact) mass is 178 g/mol. The molecule has 2 aliphatic heterocycles. The predicted molar refractivity (Wildman–Crippen MR) is 51.0 cm³/mol. The van der Waals surface area contributed by atoms with Crippen LogP contribution in [0.25, 0.3) is 0 Å². The number of aliphatic imine (C=N–C) groups is 2. The summed E-state index contributed by atoms with van der Waals surface area (Å²) in [5.41, 5.74) is 1.41. The Morgan fingerprint density at radius 3 is 2.85 bits per heavy atom. The number of nitrogens with zero attached hydrogens (tertiary/aromatic N) is 3. The van der Waals surface area contributed by atoms with Crippen molar-refractivity contribution >= 4 is 17.3 Å². The van der Waals surface area contributed by atoms with Crippen molar-refractivity contribution in [3.8, 4) is 0 Å². The minimum absolute atomic E-state index is 0.420. The van der Waals surface area contributed by atoms with Crippen molar-refractivity contribution in [3.05, 3.63) is 12.2 Å². The molecule has 0 atom stereocenters. The molecule has 68 valence electrons. The minimum atomic E-state index is 0.420. The summed E-state index contributed by atoms with van der Waals surface area (Å²) in [6, 6.07) is 0. The van der Waals surface area contributed by atoms with Gasteiger partial charge in [0.1, 0.15) is 11.5 Å². The smallest absolute Gasteiger partial charge is 0.146 e. The van der Waals surface area contributed by atoms with Gasteiger partial charge in [-0.1, -0.05) is 5.16 Å². The highest BCUT2D eigenvalue weighted by Crippen LogP contribution is 1.98. The van der Waals surface area contributed by atoms with Gasteiger partial charge in [-0.05, 0) is 12.2 Å². The van der Waals surface area contributed by atoms with Crippen LogP contribution < -0.4 is 5.32 Å². The first kappa shape index (κ1) is 7.97. The Hall–Kier alpha value is -1.65. The van der Waals surface area contributed by atoms with Crippen LogP contribution in [0, 0.1) is 0 Å². The van der Waals surface area contributed by atoms with E-state index in [0.29, 0.717) is 12.3 Å². The molecule has 0 saturated heterocycles. The van der Waals surface area contributed by atoms with Gasteiger partial charge in [-0.15, -0.1) is 0 Å². The molecule has 0 radical (unpaired) electrons. The van der Waals surface area contributed by atoms with Gasteiger partial charge in [0, 0.05) is 6.54 Å². The Balaban J connectivity index is 2.12. The lowest BCUT2D eigenvalue weighted by Crippen LogP contribution is -2.28. The Bertz CT molecular complexity index is 327. The van der Waals surface area contributed by atoms with Gasteiger partial charge >= 0.3 is 0 Å². The van der Waals surface area contributed by atoms with Crippen LogP contribution in [0.2, 0.25) is 0 Å². The van der Waals surface area contributed by atoms with Crippen molar-refractivity contribution in [2.75, 3.05) is 19.6 Å². The molecule has 2 N–H and O–H groups in total. The van der Waals surface area contributed by atoms with Crippen LogP contribution in [-0.2, 0) is 0 Å². The molecule has 0 aromatic heterocycles. The van der Waals surface area contributed by atoms with Gasteiger partial charge in [-0.25, -0.2) is 0 Å². The number of rotatable bonds is 1. The summed E-state index contributed by atoms with van der Waals surface area (Å²) < 4.78 is 0. The van der Waals surface area contributed by atoms with Crippen LogP contribution in [0.15, 0.2) is 27.3 Å². The van der Waals surface area contributed by atoms with E-state index < -0.39 is 0 Å². The number of oxime groups is 1. The van der Waals surface area contributed by atoms with Crippen LogP contribution >= 0.6 is 0 Å². The maximum atomic E-state index is 8.46. The maximum absolute atomic E-state index is 8.46. The first-order valence-electron chi connectivity index (χ1n) is 4.12. The van der Waals surface area contributed by atoms with Gasteiger partial charge in [0.05, 0.1) is 18.8 Å². The molecule has 2 aliphatic rings. The van der Waals surface area contributed by atoms with Crippen LogP contribution in [0.4, 0.5) is 0 Å². The van der Waals surface area contributed by atoms with Crippen molar-refractivity contribution in [3.63, 3.8) is 0 Å². The zero-order valence-corrected chi connectivity index (χ0v) is 7.06. The number of amidine groups is 1. The fourth-order valence-electron chi connectivity index (χ4n) is 1.23. The second-order valence-corrected chi connectivity index (χ2v) is 2.78. The maximum Gasteiger partial charge on any atom is 0.146 e. The van der Waals surface area contributed by atoms with E-state index in [1.165, 1.54) is 0 Å². The Kier molecular flexibility index (Phi) is 2.08. The molecule has 0 aromatic carbocycles. The zero-order chi connectivity index (χ0) is 9.10. The number of hydrogen-bond acceptors (Lipinski definition) is 5. The Labute approximate surface area is 75.6 Å². The number of dihydropyridines is 1. The summed E-state index contributed by atoms with van der Waals surface area (Å²) in [4.78, 5) is 8.44. The van der Waals surface area contributed by atoms with E-state index in [1.54, 1.807) is 12.2 Å². The predicted octanol–water partition coefficient (Wildman–Crippen LogP) is -0.171. The SMILES string of the molecule is ON=C1C=CC(C2=NCCN2)=NC1. The van der Waals surface area contributed by atoms with E-state index in [0.717, 1.165) is 24.6 Å². The summed E-state index contributed by atoms with van der Waals surface area (Å²) in [5.74, 6) is 0.841. The van der Waals surface area contributed by atoms with Crippen molar-refractivity contribution in [1.82, 2.24) is 5.32 Å². The number of hydrogen-bond donors (Lipinski definition) is 2. The molecule has 0 spiro atoms. The molecule has 0 unspecified atom stereocenters. The van der Waals surface area contributed by atoms with Crippen molar-refractivity contribution in [2.24, 2.45) is 15.1 Å². The molecule has 13 heavy (non-hydrogen) atoms. The summed E-state index contributed by atoms with van der Waals surface area (Å²) in [6.45, 7) is 2.11. The molecular weight excluding hydrogens is 168 g/mol. The van der Waals surface area contributed by atoms with Crippen molar-refractivity contribution < 1.29 is 5.21 Å². The lowest BCUT2D eigenvalue weighted by atomic mass is 10.2. The average molecular weight is 178 g/mol. The quantitative estimate of drug-likeness (QED) is 0.432. The molecule has 5 nitrogen and oxygen atoms in total. The molecule has 0 aliphatic carbocycles. The summed E-state index contributed by atoms with van der Waals surface area (Å²) in [5, 5.41) is 14.7. The largest absolute Gasteiger partial charge is 0.411 e. The lowest BCUT2D eigenvalue weighted by Gasteiger charge is -2.06. The molecule has 0 amide bonds. The Morgan fingerprint density at radius 1 is 1.38 bits per heavy atom. The topological polar surface area (TPSA) is 69.3 Å². The second kappa shape index (κ2) is 3.38. The van der Waals surface area contributed by atoms with Crippen molar-refractivity contribution in [1.29, 1.82) is 0 Å². The summed E-state index contributed by atoms with van der Waals surface area (Å²) >= 11 is 0. The standard InChI is InChI=1S/C8H10N4O/c13-12-6-1-2-7(11-5-6)8-9-3-4-10-8/h1-2,13H,3-5H2,(H,9,10). The first-order valence-corrected chi connectivity index (χ1v) is 4.12. The summed E-state index contributed by atoms with van der Waals surface area (Å²) in [6.07, 6.45) is 3.54. The van der Waals surface area contributed by atoms with E-state index in [-0.39, 0.29) is 0 Å². The van der Waals surface area contributed by atoms with E-state index >= 15 is 0 Å². The molecule has 2 heterocycles. The molecule has 0 bridgehead atoms. The molecule has 0 fully saturated rings. The van der Waals surface area contributed by atoms with Crippen molar-refractivity contribution in [2.45, 2.75) is 0 Å². The van der Waals surface area contributed by atoms with Gasteiger partial charge in [0.15, 0.2) is 0 Å². The normalized spacial score (nSPS) is 24.2. The van der Waals surface area contributed by atoms with Gasteiger partial charge in [-0.3, -0.25) is 9.98 Å². The highest BCUT2D eigenvalue weighted by Gasteiger charge is 2.12. The molecule has 2 rings (SSSR count). The van der Waals surface area contributed by atoms with E-state index in [4.69, 9.17) is 5.21 Å². The fourth-order valence-corrected chi connectivity index (χ4v) is 1.23. The minimum Gasteiger partial charge on any atom is -0.411 e. The third kappa shape index (κ3) is 1.58. The van der Waals surface area contributed by atoms with Crippen LogP contribution in [0.3, 0.4) is 0 Å². The van der Waals surface area contributed by atoms with Gasteiger partial charge in [0.25, 0.3) is 0 Å². The molecule has 0 aromatic rings. The average Bonchev–Trinajstić information content (AvgIpc) is 2.71. The highest BCUT2D eigenvalue weighted by molar-refractivity contribution is 6.47. The van der Waals surface area contributed by atoms with Crippen LogP contribution in [0.1, 0.15) is 0 Å². The Morgan fingerprint density at radius 2 is 2.31 bits per heavy atom. The van der Waals surface area contributed by atoms with E-state index in [9.17, 15) is 0 Å². The first-order chi connectivity index (χ1) is 6.40. The third-order valence-corrected chi connectivity index (χ3v) is 1.89. The van der Waals surface area contributed by atoms with Gasteiger partial charge in [0.2, 0.25) is 0 Å². The van der Waals surface area contributed by atoms with Gasteiger partial charge < -0.3 is 10.5 Å².